The average Bonchev–Trinajstić information content (AvgIpc) is 3.40. The van der Waals surface area contributed by atoms with Gasteiger partial charge in [0.25, 0.3) is 0 Å². The van der Waals surface area contributed by atoms with E-state index in [2.05, 4.69) is 108 Å². The van der Waals surface area contributed by atoms with Crippen LogP contribution in [0.1, 0.15) is 11.1 Å². The maximum Gasteiger partial charge on any atom is 0.135 e. The van der Waals surface area contributed by atoms with E-state index in [4.69, 9.17) is 4.42 Å². The molecule has 5 aromatic carbocycles. The molecule has 0 saturated carbocycles. The first kappa shape index (κ1) is 18.3. The number of hydrogen-bond acceptors (Lipinski definition) is 1. The lowest BCUT2D eigenvalue weighted by molar-refractivity contribution is 0.669. The molecule has 0 saturated heterocycles. The second kappa shape index (κ2) is 7.11. The summed E-state index contributed by atoms with van der Waals surface area (Å²) in [5.74, 6) is 0. The van der Waals surface area contributed by atoms with Gasteiger partial charge in [-0.25, -0.2) is 0 Å². The molecule has 0 unspecified atom stereocenters. The zero-order chi connectivity index (χ0) is 21.8. The van der Waals surface area contributed by atoms with Crippen molar-refractivity contribution in [2.75, 3.05) is 0 Å². The first-order valence-electron chi connectivity index (χ1n) is 11.3. The van der Waals surface area contributed by atoms with Crippen molar-refractivity contribution >= 4 is 43.7 Å². The maximum absolute atomic E-state index is 6.03. The minimum atomic E-state index is 0.854. The van der Waals surface area contributed by atoms with E-state index in [0.717, 1.165) is 17.6 Å². The predicted molar refractivity (Wildman–Crippen MR) is 137 cm³/mol. The van der Waals surface area contributed by atoms with Gasteiger partial charge in [0.2, 0.25) is 0 Å². The molecule has 7 aromatic rings. The predicted octanol–water partition coefficient (Wildman–Crippen LogP) is 8.27. The van der Waals surface area contributed by atoms with Crippen LogP contribution in [0.15, 0.2) is 120 Å². The molecule has 2 heteroatoms. The number of hydrogen-bond donors (Lipinski definition) is 0. The van der Waals surface area contributed by atoms with Crippen molar-refractivity contribution in [1.82, 2.24) is 4.57 Å². The Balaban J connectivity index is 1.41. The van der Waals surface area contributed by atoms with Crippen molar-refractivity contribution in [1.29, 1.82) is 0 Å². The van der Waals surface area contributed by atoms with Gasteiger partial charge >= 0.3 is 0 Å². The van der Waals surface area contributed by atoms with Crippen LogP contribution in [0.2, 0.25) is 0 Å². The largest absolute Gasteiger partial charge is 0.456 e. The molecule has 0 aliphatic carbocycles. The Bertz CT molecular complexity index is 1750. The molecule has 0 atom stereocenters. The monoisotopic (exact) mass is 423 g/mol. The first-order chi connectivity index (χ1) is 16.4. The molecular formula is C31H21NO. The van der Waals surface area contributed by atoms with E-state index >= 15 is 0 Å². The second-order valence-corrected chi connectivity index (χ2v) is 8.60. The summed E-state index contributed by atoms with van der Waals surface area (Å²) in [5, 5.41) is 4.92. The Labute approximate surface area is 191 Å². The zero-order valence-electron chi connectivity index (χ0n) is 18.0. The van der Waals surface area contributed by atoms with Gasteiger partial charge in [-0.05, 0) is 53.9 Å². The Hall–Kier alpha value is -4.30. The van der Waals surface area contributed by atoms with Crippen molar-refractivity contribution in [3.05, 3.63) is 126 Å². The van der Waals surface area contributed by atoms with E-state index in [1.807, 2.05) is 12.1 Å². The van der Waals surface area contributed by atoms with Crippen LogP contribution in [0, 0.1) is 0 Å². The molecule has 2 heterocycles. The van der Waals surface area contributed by atoms with E-state index in [0.29, 0.717) is 0 Å². The first-order valence-corrected chi connectivity index (χ1v) is 11.3. The number of benzene rings is 5. The fraction of sp³-hybridized carbons (Fsp3) is 0.0323. The van der Waals surface area contributed by atoms with Crippen LogP contribution in [0.25, 0.3) is 49.4 Å². The van der Waals surface area contributed by atoms with Gasteiger partial charge in [-0.1, -0.05) is 78.9 Å². The molecule has 0 N–H and O–H groups in total. The van der Waals surface area contributed by atoms with Crippen molar-refractivity contribution in [2.24, 2.45) is 0 Å². The van der Waals surface area contributed by atoms with Crippen molar-refractivity contribution in [3.8, 4) is 5.69 Å². The highest BCUT2D eigenvalue weighted by Gasteiger charge is 2.14. The van der Waals surface area contributed by atoms with Crippen molar-refractivity contribution in [3.63, 3.8) is 0 Å². The van der Waals surface area contributed by atoms with Crippen LogP contribution in [0.3, 0.4) is 0 Å². The Morgan fingerprint density at radius 1 is 0.515 bits per heavy atom. The highest BCUT2D eigenvalue weighted by atomic mass is 16.3. The van der Waals surface area contributed by atoms with Gasteiger partial charge in [-0.2, -0.15) is 0 Å². The lowest BCUT2D eigenvalue weighted by atomic mass is 10.0. The van der Waals surface area contributed by atoms with E-state index < -0.39 is 0 Å². The summed E-state index contributed by atoms with van der Waals surface area (Å²) in [6.45, 7) is 0. The molecule has 0 amide bonds. The van der Waals surface area contributed by atoms with E-state index in [-0.39, 0.29) is 0 Å². The smallest absolute Gasteiger partial charge is 0.135 e. The minimum Gasteiger partial charge on any atom is -0.456 e. The number of furan rings is 1. The molecule has 0 bridgehead atoms. The third-order valence-electron chi connectivity index (χ3n) is 6.65. The molecule has 2 nitrogen and oxygen atoms in total. The van der Waals surface area contributed by atoms with Gasteiger partial charge < -0.3 is 8.98 Å². The molecular weight excluding hydrogens is 402 g/mol. The maximum atomic E-state index is 6.03. The molecule has 0 fully saturated rings. The van der Waals surface area contributed by atoms with Gasteiger partial charge in [0.05, 0.1) is 11.0 Å². The van der Waals surface area contributed by atoms with Crippen LogP contribution in [-0.2, 0) is 6.42 Å². The number of fused-ring (bicyclic) bond motifs is 6. The summed E-state index contributed by atoms with van der Waals surface area (Å²) in [6, 6.07) is 40.9. The number of para-hydroxylation sites is 4. The topological polar surface area (TPSA) is 18.1 Å². The van der Waals surface area contributed by atoms with Crippen molar-refractivity contribution in [2.45, 2.75) is 6.42 Å². The Kier molecular flexibility index (Phi) is 3.94. The summed E-state index contributed by atoms with van der Waals surface area (Å²) in [5.41, 5.74) is 8.17. The number of aromatic nitrogens is 1. The van der Waals surface area contributed by atoms with Crippen LogP contribution >= 0.6 is 0 Å². The molecule has 0 aliphatic heterocycles. The standard InChI is InChI=1S/C31H21NO/c1-5-13-27(32-28-14-6-2-10-23(28)24-11-3-7-15-29(24)32)22(9-1)19-21-17-18-31-26(20-21)25-12-4-8-16-30(25)33-31/h1-18,20H,19H2. The highest BCUT2D eigenvalue weighted by molar-refractivity contribution is 6.09. The van der Waals surface area contributed by atoms with E-state index in [1.165, 1.54) is 49.4 Å². The Morgan fingerprint density at radius 3 is 1.91 bits per heavy atom. The molecule has 0 radical (unpaired) electrons. The van der Waals surface area contributed by atoms with Gasteiger partial charge in [0.15, 0.2) is 0 Å². The number of nitrogens with zero attached hydrogens (tertiary/aromatic N) is 1. The minimum absolute atomic E-state index is 0.854. The van der Waals surface area contributed by atoms with Crippen LogP contribution in [0.4, 0.5) is 0 Å². The quantitative estimate of drug-likeness (QED) is 0.280. The Morgan fingerprint density at radius 2 is 1.12 bits per heavy atom. The zero-order valence-corrected chi connectivity index (χ0v) is 18.0. The SMILES string of the molecule is c1ccc(-n2c3ccccc3c3ccccc32)c(Cc2ccc3oc4ccccc4c3c2)c1. The van der Waals surface area contributed by atoms with Gasteiger partial charge in [-0.3, -0.25) is 0 Å². The van der Waals surface area contributed by atoms with Gasteiger partial charge in [-0.15, -0.1) is 0 Å². The molecule has 2 aromatic heterocycles. The second-order valence-electron chi connectivity index (χ2n) is 8.60. The summed E-state index contributed by atoms with van der Waals surface area (Å²) in [4.78, 5) is 0. The van der Waals surface area contributed by atoms with E-state index in [9.17, 15) is 0 Å². The van der Waals surface area contributed by atoms with Crippen molar-refractivity contribution < 1.29 is 4.42 Å². The van der Waals surface area contributed by atoms with Crippen LogP contribution in [0.5, 0.6) is 0 Å². The van der Waals surface area contributed by atoms with Crippen LogP contribution < -0.4 is 0 Å². The van der Waals surface area contributed by atoms with Gasteiger partial charge in [0.1, 0.15) is 11.2 Å². The van der Waals surface area contributed by atoms with Gasteiger partial charge in [0, 0.05) is 27.2 Å². The lowest BCUT2D eigenvalue weighted by Gasteiger charge is -2.14. The van der Waals surface area contributed by atoms with E-state index in [1.54, 1.807) is 0 Å². The summed E-state index contributed by atoms with van der Waals surface area (Å²) in [6.07, 6.45) is 0.854. The normalized spacial score (nSPS) is 11.8. The molecule has 33 heavy (non-hydrogen) atoms. The molecule has 156 valence electrons. The molecule has 0 aliphatic rings. The molecule has 7 rings (SSSR count). The number of rotatable bonds is 3. The summed E-state index contributed by atoms with van der Waals surface area (Å²) >= 11 is 0. The fourth-order valence-electron chi connectivity index (χ4n) is 5.16. The van der Waals surface area contributed by atoms with Crippen LogP contribution in [-0.4, -0.2) is 4.57 Å². The summed E-state index contributed by atoms with van der Waals surface area (Å²) in [7, 11) is 0. The lowest BCUT2D eigenvalue weighted by Crippen LogP contribution is -2.00. The third-order valence-corrected chi connectivity index (χ3v) is 6.65. The third kappa shape index (κ3) is 2.81. The molecule has 0 spiro atoms. The fourth-order valence-corrected chi connectivity index (χ4v) is 5.16. The highest BCUT2D eigenvalue weighted by Crippen LogP contribution is 2.34. The summed E-state index contributed by atoms with van der Waals surface area (Å²) < 4.78 is 8.44. The average molecular weight is 424 g/mol.